The minimum Gasteiger partial charge on any atom is -0.480 e. The maximum absolute atomic E-state index is 11.4. The molecule has 0 bridgehead atoms. The fourth-order valence-corrected chi connectivity index (χ4v) is 2.07. The first kappa shape index (κ1) is 12.4. The van der Waals surface area contributed by atoms with Crippen LogP contribution in [0.1, 0.15) is 24.0 Å². The van der Waals surface area contributed by atoms with Crippen LogP contribution in [0.5, 0.6) is 0 Å². The normalized spacial score (nSPS) is 18.2. The Morgan fingerprint density at radius 3 is 2.83 bits per heavy atom. The van der Waals surface area contributed by atoms with Gasteiger partial charge in [-0.15, -0.1) is 0 Å². The SMILES string of the molecule is C[C@H](NC(=O)NCC1Cc2ccccc21)C(=O)O. The molecule has 2 atom stereocenters. The van der Waals surface area contributed by atoms with E-state index in [1.165, 1.54) is 18.1 Å². The van der Waals surface area contributed by atoms with E-state index in [0.717, 1.165) is 6.42 Å². The lowest BCUT2D eigenvalue weighted by Crippen LogP contribution is -2.46. The van der Waals surface area contributed by atoms with Gasteiger partial charge in [0.25, 0.3) is 0 Å². The highest BCUT2D eigenvalue weighted by Crippen LogP contribution is 2.33. The third-order valence-electron chi connectivity index (χ3n) is 3.19. The summed E-state index contributed by atoms with van der Waals surface area (Å²) >= 11 is 0. The zero-order valence-electron chi connectivity index (χ0n) is 10.1. The van der Waals surface area contributed by atoms with Gasteiger partial charge in [-0.3, -0.25) is 4.79 Å². The van der Waals surface area contributed by atoms with Crippen molar-refractivity contribution in [1.29, 1.82) is 0 Å². The lowest BCUT2D eigenvalue weighted by Gasteiger charge is -2.30. The second-order valence-corrected chi connectivity index (χ2v) is 4.51. The predicted octanol–water partition coefficient (Wildman–Crippen LogP) is 1.10. The Hall–Kier alpha value is -2.04. The summed E-state index contributed by atoms with van der Waals surface area (Å²) in [5.74, 6) is -0.703. The van der Waals surface area contributed by atoms with E-state index >= 15 is 0 Å². The van der Waals surface area contributed by atoms with Crippen LogP contribution in [0.15, 0.2) is 24.3 Å². The number of carbonyl (C=O) groups excluding carboxylic acids is 1. The van der Waals surface area contributed by atoms with Gasteiger partial charge in [0.05, 0.1) is 0 Å². The van der Waals surface area contributed by atoms with Gasteiger partial charge in [0, 0.05) is 12.5 Å². The van der Waals surface area contributed by atoms with Gasteiger partial charge in [0.2, 0.25) is 0 Å². The van der Waals surface area contributed by atoms with Crippen molar-refractivity contribution < 1.29 is 14.7 Å². The smallest absolute Gasteiger partial charge is 0.325 e. The van der Waals surface area contributed by atoms with Crippen LogP contribution in [0, 0.1) is 0 Å². The summed E-state index contributed by atoms with van der Waals surface area (Å²) in [4.78, 5) is 22.0. The van der Waals surface area contributed by atoms with Gasteiger partial charge in [0.1, 0.15) is 6.04 Å². The van der Waals surface area contributed by atoms with Crippen LogP contribution in [0.4, 0.5) is 4.79 Å². The summed E-state index contributed by atoms with van der Waals surface area (Å²) in [6.45, 7) is 1.97. The van der Waals surface area contributed by atoms with Crippen LogP contribution >= 0.6 is 0 Å². The number of carbonyl (C=O) groups is 2. The Morgan fingerprint density at radius 2 is 2.17 bits per heavy atom. The number of carboxylic acid groups (broad SMARTS) is 1. The highest BCUT2D eigenvalue weighted by Gasteiger charge is 2.25. The van der Waals surface area contributed by atoms with Crippen LogP contribution in [-0.4, -0.2) is 29.7 Å². The number of hydrogen-bond donors (Lipinski definition) is 3. The molecule has 0 heterocycles. The van der Waals surface area contributed by atoms with Gasteiger partial charge < -0.3 is 15.7 Å². The summed E-state index contributed by atoms with van der Waals surface area (Å²) in [6, 6.07) is 6.82. The molecule has 0 aliphatic heterocycles. The van der Waals surface area contributed by atoms with Crippen molar-refractivity contribution in [3.63, 3.8) is 0 Å². The molecule has 1 unspecified atom stereocenters. The number of fused-ring (bicyclic) bond motifs is 1. The standard InChI is InChI=1S/C13H16N2O3/c1-8(12(16)17)15-13(18)14-7-10-6-9-4-2-3-5-11(9)10/h2-5,8,10H,6-7H2,1H3,(H,16,17)(H2,14,15,18)/t8-,10?/m0/s1. The summed E-state index contributed by atoms with van der Waals surface area (Å²) in [5.41, 5.74) is 2.59. The molecule has 1 aliphatic carbocycles. The second-order valence-electron chi connectivity index (χ2n) is 4.51. The largest absolute Gasteiger partial charge is 0.480 e. The van der Waals surface area contributed by atoms with Crippen molar-refractivity contribution in [2.75, 3.05) is 6.54 Å². The molecule has 0 saturated heterocycles. The van der Waals surface area contributed by atoms with Crippen molar-refractivity contribution in [3.8, 4) is 0 Å². The van der Waals surface area contributed by atoms with Gasteiger partial charge in [-0.2, -0.15) is 0 Å². The maximum atomic E-state index is 11.4. The first-order valence-electron chi connectivity index (χ1n) is 5.93. The van der Waals surface area contributed by atoms with Crippen molar-refractivity contribution in [2.45, 2.75) is 25.3 Å². The minimum absolute atomic E-state index is 0.340. The van der Waals surface area contributed by atoms with Gasteiger partial charge in [0.15, 0.2) is 0 Å². The Kier molecular flexibility index (Phi) is 3.50. The molecule has 3 N–H and O–H groups in total. The lowest BCUT2D eigenvalue weighted by atomic mass is 9.78. The molecule has 1 aromatic rings. The first-order valence-corrected chi connectivity index (χ1v) is 5.93. The molecule has 0 fully saturated rings. The fraction of sp³-hybridized carbons (Fsp3) is 0.385. The zero-order chi connectivity index (χ0) is 13.1. The van der Waals surface area contributed by atoms with Crippen LogP contribution in [0.2, 0.25) is 0 Å². The third kappa shape index (κ3) is 2.61. The molecule has 1 aromatic carbocycles. The molecular formula is C13H16N2O3. The molecule has 0 aromatic heterocycles. The van der Waals surface area contributed by atoms with Crippen LogP contribution in [0.25, 0.3) is 0 Å². The average molecular weight is 248 g/mol. The highest BCUT2D eigenvalue weighted by molar-refractivity contribution is 5.82. The van der Waals surface area contributed by atoms with E-state index in [1.807, 2.05) is 12.1 Å². The van der Waals surface area contributed by atoms with E-state index in [0.29, 0.717) is 12.5 Å². The number of amides is 2. The first-order chi connectivity index (χ1) is 8.58. The minimum atomic E-state index is -1.04. The van der Waals surface area contributed by atoms with Crippen molar-refractivity contribution in [3.05, 3.63) is 35.4 Å². The predicted molar refractivity (Wildman–Crippen MR) is 66.5 cm³/mol. The molecular weight excluding hydrogens is 232 g/mol. The summed E-state index contributed by atoms with van der Waals surface area (Å²) in [6.07, 6.45) is 0.963. The molecule has 0 saturated carbocycles. The monoisotopic (exact) mass is 248 g/mol. The van der Waals surface area contributed by atoms with Crippen molar-refractivity contribution >= 4 is 12.0 Å². The van der Waals surface area contributed by atoms with Gasteiger partial charge in [-0.1, -0.05) is 24.3 Å². The van der Waals surface area contributed by atoms with Crippen LogP contribution in [0.3, 0.4) is 0 Å². The molecule has 2 amide bonds. The maximum Gasteiger partial charge on any atom is 0.325 e. The number of nitrogens with one attached hydrogen (secondary N) is 2. The molecule has 0 spiro atoms. The van der Waals surface area contributed by atoms with E-state index in [1.54, 1.807) is 0 Å². The Morgan fingerprint density at radius 1 is 1.44 bits per heavy atom. The van der Waals surface area contributed by atoms with Crippen LogP contribution in [-0.2, 0) is 11.2 Å². The Labute approximate surface area is 105 Å². The highest BCUT2D eigenvalue weighted by atomic mass is 16.4. The van der Waals surface area contributed by atoms with Gasteiger partial charge >= 0.3 is 12.0 Å². The zero-order valence-corrected chi connectivity index (χ0v) is 10.1. The molecule has 5 heteroatoms. The molecule has 1 aliphatic rings. The van der Waals surface area contributed by atoms with E-state index in [-0.39, 0.29) is 0 Å². The number of aliphatic carboxylic acids is 1. The van der Waals surface area contributed by atoms with E-state index in [9.17, 15) is 9.59 Å². The summed E-state index contributed by atoms with van der Waals surface area (Å²) < 4.78 is 0. The van der Waals surface area contributed by atoms with Crippen molar-refractivity contribution in [1.82, 2.24) is 10.6 Å². The second kappa shape index (κ2) is 5.08. The number of benzene rings is 1. The molecule has 5 nitrogen and oxygen atoms in total. The number of carboxylic acids is 1. The number of urea groups is 1. The molecule has 2 rings (SSSR count). The number of rotatable bonds is 4. The lowest BCUT2D eigenvalue weighted by molar-refractivity contribution is -0.138. The molecule has 96 valence electrons. The third-order valence-corrected chi connectivity index (χ3v) is 3.19. The van der Waals surface area contributed by atoms with E-state index in [4.69, 9.17) is 5.11 Å². The summed E-state index contributed by atoms with van der Waals surface area (Å²) in [7, 11) is 0. The summed E-state index contributed by atoms with van der Waals surface area (Å²) in [5, 5.41) is 13.7. The average Bonchev–Trinajstić information content (AvgIpc) is 2.30. The van der Waals surface area contributed by atoms with E-state index < -0.39 is 18.0 Å². The van der Waals surface area contributed by atoms with Crippen LogP contribution < -0.4 is 10.6 Å². The molecule has 0 radical (unpaired) electrons. The topological polar surface area (TPSA) is 78.4 Å². The Balaban J connectivity index is 1.77. The van der Waals surface area contributed by atoms with Gasteiger partial charge in [-0.05, 0) is 24.5 Å². The van der Waals surface area contributed by atoms with E-state index in [2.05, 4.69) is 22.8 Å². The van der Waals surface area contributed by atoms with Crippen molar-refractivity contribution in [2.24, 2.45) is 0 Å². The Bertz CT molecular complexity index is 473. The van der Waals surface area contributed by atoms with Gasteiger partial charge in [-0.25, -0.2) is 4.79 Å². The molecule has 18 heavy (non-hydrogen) atoms. The fourth-order valence-electron chi connectivity index (χ4n) is 2.07. The number of hydrogen-bond acceptors (Lipinski definition) is 2. The quantitative estimate of drug-likeness (QED) is 0.746.